The summed E-state index contributed by atoms with van der Waals surface area (Å²) in [5.41, 5.74) is 0.376. The molecule has 0 radical (unpaired) electrons. The molecule has 2 saturated heterocycles. The SMILES string of the molecule is O=C(NC[C@H]1OC[C@@H](NC2CCOCC2)[C@@H]1O)c1ccc(F)cc1. The molecule has 2 aliphatic rings. The molecule has 132 valence electrons. The van der Waals surface area contributed by atoms with E-state index in [1.54, 1.807) is 0 Å². The van der Waals surface area contributed by atoms with Crippen molar-refractivity contribution in [3.63, 3.8) is 0 Å². The van der Waals surface area contributed by atoms with Crippen molar-refractivity contribution >= 4 is 5.91 Å². The zero-order valence-corrected chi connectivity index (χ0v) is 13.4. The van der Waals surface area contributed by atoms with Crippen molar-refractivity contribution in [2.45, 2.75) is 37.1 Å². The Labute approximate surface area is 140 Å². The van der Waals surface area contributed by atoms with Gasteiger partial charge >= 0.3 is 0 Å². The maximum atomic E-state index is 12.9. The van der Waals surface area contributed by atoms with Crippen LogP contribution in [0, 0.1) is 5.82 Å². The summed E-state index contributed by atoms with van der Waals surface area (Å²) in [6, 6.07) is 5.52. The second kappa shape index (κ2) is 8.02. The number of carbonyl (C=O) groups is 1. The summed E-state index contributed by atoms with van der Waals surface area (Å²) in [4.78, 5) is 12.0. The highest BCUT2D eigenvalue weighted by Crippen LogP contribution is 2.17. The highest BCUT2D eigenvalue weighted by atomic mass is 19.1. The summed E-state index contributed by atoms with van der Waals surface area (Å²) in [7, 11) is 0. The summed E-state index contributed by atoms with van der Waals surface area (Å²) in [5, 5.41) is 16.5. The van der Waals surface area contributed by atoms with Gasteiger partial charge in [-0.05, 0) is 37.1 Å². The van der Waals surface area contributed by atoms with E-state index in [4.69, 9.17) is 9.47 Å². The summed E-state index contributed by atoms with van der Waals surface area (Å²) in [6.07, 6.45) is 0.720. The highest BCUT2D eigenvalue weighted by Gasteiger charge is 2.37. The van der Waals surface area contributed by atoms with Gasteiger partial charge in [-0.3, -0.25) is 4.79 Å². The maximum absolute atomic E-state index is 12.9. The normalized spacial score (nSPS) is 28.0. The van der Waals surface area contributed by atoms with Crippen LogP contribution in [-0.2, 0) is 9.47 Å². The number of hydrogen-bond donors (Lipinski definition) is 3. The average molecular weight is 338 g/mol. The molecule has 3 N–H and O–H groups in total. The van der Waals surface area contributed by atoms with Gasteiger partial charge in [-0.2, -0.15) is 0 Å². The van der Waals surface area contributed by atoms with Crippen LogP contribution in [0.15, 0.2) is 24.3 Å². The number of aliphatic hydroxyl groups is 1. The van der Waals surface area contributed by atoms with E-state index in [2.05, 4.69) is 10.6 Å². The maximum Gasteiger partial charge on any atom is 0.251 e. The molecule has 7 heteroatoms. The minimum atomic E-state index is -0.679. The van der Waals surface area contributed by atoms with Gasteiger partial charge in [0.2, 0.25) is 0 Å². The molecule has 0 unspecified atom stereocenters. The summed E-state index contributed by atoms with van der Waals surface area (Å²) >= 11 is 0. The average Bonchev–Trinajstić information content (AvgIpc) is 2.94. The van der Waals surface area contributed by atoms with E-state index in [-0.39, 0.29) is 24.3 Å². The van der Waals surface area contributed by atoms with Gasteiger partial charge < -0.3 is 25.2 Å². The molecule has 2 aliphatic heterocycles. The fraction of sp³-hybridized carbons (Fsp3) is 0.588. The van der Waals surface area contributed by atoms with Gasteiger partial charge in [0.1, 0.15) is 11.9 Å². The molecule has 24 heavy (non-hydrogen) atoms. The van der Waals surface area contributed by atoms with Crippen LogP contribution in [-0.4, -0.2) is 61.7 Å². The molecular formula is C17H23FN2O4. The number of rotatable bonds is 5. The predicted molar refractivity (Wildman–Crippen MR) is 85.2 cm³/mol. The van der Waals surface area contributed by atoms with E-state index in [1.807, 2.05) is 0 Å². The first-order valence-corrected chi connectivity index (χ1v) is 8.30. The van der Waals surface area contributed by atoms with E-state index in [0.29, 0.717) is 18.2 Å². The summed E-state index contributed by atoms with van der Waals surface area (Å²) < 4.78 is 23.8. The molecule has 3 atom stereocenters. The number of aliphatic hydroxyl groups excluding tert-OH is 1. The smallest absolute Gasteiger partial charge is 0.251 e. The van der Waals surface area contributed by atoms with Gasteiger partial charge in [0.15, 0.2) is 0 Å². The summed E-state index contributed by atoms with van der Waals surface area (Å²) in [6.45, 7) is 2.09. The van der Waals surface area contributed by atoms with Crippen LogP contribution in [0.1, 0.15) is 23.2 Å². The second-order valence-electron chi connectivity index (χ2n) is 6.24. The van der Waals surface area contributed by atoms with Crippen LogP contribution in [0.4, 0.5) is 4.39 Å². The number of ether oxygens (including phenoxy) is 2. The molecule has 2 fully saturated rings. The monoisotopic (exact) mass is 338 g/mol. The molecule has 0 aliphatic carbocycles. The second-order valence-corrected chi connectivity index (χ2v) is 6.24. The molecule has 3 rings (SSSR count). The van der Waals surface area contributed by atoms with Crippen LogP contribution in [0.3, 0.4) is 0 Å². The highest BCUT2D eigenvalue weighted by molar-refractivity contribution is 5.94. The molecular weight excluding hydrogens is 315 g/mol. The van der Waals surface area contributed by atoms with E-state index >= 15 is 0 Å². The van der Waals surface area contributed by atoms with E-state index < -0.39 is 12.2 Å². The number of benzene rings is 1. The van der Waals surface area contributed by atoms with Gasteiger partial charge in [-0.1, -0.05) is 0 Å². The van der Waals surface area contributed by atoms with Crippen LogP contribution >= 0.6 is 0 Å². The molecule has 6 nitrogen and oxygen atoms in total. The first kappa shape index (κ1) is 17.3. The van der Waals surface area contributed by atoms with Crippen LogP contribution in [0.25, 0.3) is 0 Å². The Hall–Kier alpha value is -1.54. The molecule has 1 aromatic rings. The number of carbonyl (C=O) groups excluding carboxylic acids is 1. The fourth-order valence-electron chi connectivity index (χ4n) is 3.07. The third-order valence-corrected chi connectivity index (χ3v) is 4.52. The van der Waals surface area contributed by atoms with E-state index in [9.17, 15) is 14.3 Å². The third kappa shape index (κ3) is 4.30. The largest absolute Gasteiger partial charge is 0.389 e. The topological polar surface area (TPSA) is 79.8 Å². The van der Waals surface area contributed by atoms with Crippen LogP contribution in [0.5, 0.6) is 0 Å². The van der Waals surface area contributed by atoms with Crippen molar-refractivity contribution in [2.24, 2.45) is 0 Å². The quantitative estimate of drug-likeness (QED) is 0.727. The molecule has 0 aromatic heterocycles. The van der Waals surface area contributed by atoms with Gasteiger partial charge in [-0.15, -0.1) is 0 Å². The van der Waals surface area contributed by atoms with Crippen LogP contribution in [0.2, 0.25) is 0 Å². The van der Waals surface area contributed by atoms with Gasteiger partial charge in [0.05, 0.1) is 18.8 Å². The van der Waals surface area contributed by atoms with Gasteiger partial charge in [0.25, 0.3) is 5.91 Å². The van der Waals surface area contributed by atoms with Crippen molar-refractivity contribution in [3.8, 4) is 0 Å². The minimum Gasteiger partial charge on any atom is -0.389 e. The van der Waals surface area contributed by atoms with E-state index in [1.165, 1.54) is 24.3 Å². The Balaban J connectivity index is 1.45. The molecule has 2 heterocycles. The Morgan fingerprint density at radius 1 is 1.25 bits per heavy atom. The Morgan fingerprint density at radius 3 is 2.67 bits per heavy atom. The minimum absolute atomic E-state index is 0.138. The molecule has 1 aromatic carbocycles. The lowest BCUT2D eigenvalue weighted by Crippen LogP contribution is -2.49. The zero-order valence-electron chi connectivity index (χ0n) is 13.4. The van der Waals surface area contributed by atoms with Crippen molar-refractivity contribution in [3.05, 3.63) is 35.6 Å². The third-order valence-electron chi connectivity index (χ3n) is 4.52. The van der Waals surface area contributed by atoms with Crippen molar-refractivity contribution in [1.82, 2.24) is 10.6 Å². The van der Waals surface area contributed by atoms with Gasteiger partial charge in [0, 0.05) is 31.4 Å². The van der Waals surface area contributed by atoms with Crippen molar-refractivity contribution in [1.29, 1.82) is 0 Å². The fourth-order valence-corrected chi connectivity index (χ4v) is 3.07. The number of amides is 1. The number of nitrogens with one attached hydrogen (secondary N) is 2. The lowest BCUT2D eigenvalue weighted by molar-refractivity contribution is 0.0376. The predicted octanol–water partition coefficient (Wildman–Crippen LogP) is 0.452. The Morgan fingerprint density at radius 2 is 1.96 bits per heavy atom. The molecule has 0 saturated carbocycles. The standard InChI is InChI=1S/C17H23FN2O4/c18-12-3-1-11(2-4-12)17(22)19-9-15-16(21)14(10-24-15)20-13-5-7-23-8-6-13/h1-4,13-16,20-21H,5-10H2,(H,19,22)/t14-,15-,16+/m1/s1. The van der Waals surface area contributed by atoms with Gasteiger partial charge in [-0.25, -0.2) is 4.39 Å². The van der Waals surface area contributed by atoms with Crippen LogP contribution < -0.4 is 10.6 Å². The summed E-state index contributed by atoms with van der Waals surface area (Å²) in [5.74, 6) is -0.699. The Bertz CT molecular complexity index is 548. The Kier molecular flexibility index (Phi) is 5.78. The molecule has 0 bridgehead atoms. The first-order valence-electron chi connectivity index (χ1n) is 8.30. The zero-order chi connectivity index (χ0) is 16.9. The molecule has 0 spiro atoms. The molecule has 1 amide bonds. The van der Waals surface area contributed by atoms with E-state index in [0.717, 1.165) is 26.1 Å². The number of hydrogen-bond acceptors (Lipinski definition) is 5. The lowest BCUT2D eigenvalue weighted by Gasteiger charge is -2.27. The van der Waals surface area contributed by atoms with Crippen molar-refractivity contribution < 1.29 is 23.8 Å². The number of halogens is 1. The lowest BCUT2D eigenvalue weighted by atomic mass is 10.0. The van der Waals surface area contributed by atoms with Crippen molar-refractivity contribution in [2.75, 3.05) is 26.4 Å². The first-order chi connectivity index (χ1) is 11.6.